The average Bonchev–Trinajstić information content (AvgIpc) is 2.11. The highest BCUT2D eigenvalue weighted by molar-refractivity contribution is 6.34. The van der Waals surface area contributed by atoms with Crippen LogP contribution in [0.3, 0.4) is 0 Å². The monoisotopic (exact) mass is 221 g/mol. The minimum Gasteiger partial charge on any atom is -0.495 e. The van der Waals surface area contributed by atoms with Crippen molar-refractivity contribution in [2.24, 2.45) is 5.90 Å². The van der Waals surface area contributed by atoms with Gasteiger partial charge in [0.15, 0.2) is 0 Å². The lowest BCUT2D eigenvalue weighted by atomic mass is 10.2. The Morgan fingerprint density at radius 3 is 2.62 bits per heavy atom. The van der Waals surface area contributed by atoms with Gasteiger partial charge in [0.1, 0.15) is 5.75 Å². The lowest BCUT2D eigenvalue weighted by molar-refractivity contribution is 0.124. The van der Waals surface area contributed by atoms with Crippen molar-refractivity contribution in [1.29, 1.82) is 0 Å². The summed E-state index contributed by atoms with van der Waals surface area (Å²) in [5.41, 5.74) is 0.702. The van der Waals surface area contributed by atoms with Crippen LogP contribution in [0.25, 0.3) is 0 Å². The van der Waals surface area contributed by atoms with Gasteiger partial charge in [-0.2, -0.15) is 0 Å². The first kappa shape index (κ1) is 10.6. The Labute approximate surface area is 86.3 Å². The van der Waals surface area contributed by atoms with Gasteiger partial charge < -0.3 is 4.74 Å². The first-order valence-corrected chi connectivity index (χ1v) is 4.28. The van der Waals surface area contributed by atoms with Gasteiger partial charge in [-0.25, -0.2) is 5.90 Å². The summed E-state index contributed by atoms with van der Waals surface area (Å²) in [6.07, 6.45) is 0. The number of halogens is 2. The zero-order valence-electron chi connectivity index (χ0n) is 7.01. The number of methoxy groups -OCH3 is 1. The van der Waals surface area contributed by atoms with Crippen LogP contribution in [0.15, 0.2) is 12.1 Å². The summed E-state index contributed by atoms with van der Waals surface area (Å²) in [7, 11) is 1.52. The predicted molar refractivity (Wildman–Crippen MR) is 52.0 cm³/mol. The Kier molecular flexibility index (Phi) is 3.81. The molecule has 3 nitrogen and oxygen atoms in total. The molecule has 1 rings (SSSR count). The summed E-state index contributed by atoms with van der Waals surface area (Å²) < 4.78 is 5.00. The highest BCUT2D eigenvalue weighted by Crippen LogP contribution is 2.31. The van der Waals surface area contributed by atoms with Gasteiger partial charge in [0.05, 0.1) is 18.7 Å². The Balaban J connectivity index is 3.11. The lowest BCUT2D eigenvalue weighted by Gasteiger charge is -2.08. The number of hydrogen-bond acceptors (Lipinski definition) is 3. The van der Waals surface area contributed by atoms with E-state index in [2.05, 4.69) is 4.84 Å². The van der Waals surface area contributed by atoms with Crippen LogP contribution in [0.4, 0.5) is 0 Å². The van der Waals surface area contributed by atoms with Gasteiger partial charge in [0, 0.05) is 16.7 Å². The Morgan fingerprint density at radius 2 is 2.08 bits per heavy atom. The fourth-order valence-electron chi connectivity index (χ4n) is 0.962. The molecule has 0 aliphatic carbocycles. The molecule has 5 heteroatoms. The van der Waals surface area contributed by atoms with E-state index < -0.39 is 0 Å². The minimum atomic E-state index is 0.204. The summed E-state index contributed by atoms with van der Waals surface area (Å²) in [4.78, 5) is 4.46. The Hall–Kier alpha value is -0.480. The van der Waals surface area contributed by atoms with Crippen molar-refractivity contribution >= 4 is 23.2 Å². The van der Waals surface area contributed by atoms with Gasteiger partial charge in [-0.3, -0.25) is 4.84 Å². The van der Waals surface area contributed by atoms with Crippen LogP contribution in [0, 0.1) is 0 Å². The third-order valence-electron chi connectivity index (χ3n) is 1.54. The highest BCUT2D eigenvalue weighted by atomic mass is 35.5. The van der Waals surface area contributed by atoms with E-state index in [9.17, 15) is 0 Å². The van der Waals surface area contributed by atoms with Crippen molar-refractivity contribution in [2.45, 2.75) is 6.61 Å². The van der Waals surface area contributed by atoms with E-state index in [0.717, 1.165) is 0 Å². The zero-order chi connectivity index (χ0) is 9.84. The van der Waals surface area contributed by atoms with Crippen LogP contribution in [-0.4, -0.2) is 7.11 Å². The van der Waals surface area contributed by atoms with Crippen molar-refractivity contribution in [1.82, 2.24) is 0 Å². The summed E-state index contributed by atoms with van der Waals surface area (Å²) in [5, 5.41) is 1.01. The molecular formula is C8H9Cl2NO2. The quantitative estimate of drug-likeness (QED) is 0.798. The summed E-state index contributed by atoms with van der Waals surface area (Å²) >= 11 is 11.7. The van der Waals surface area contributed by atoms with E-state index in [4.69, 9.17) is 33.8 Å². The molecule has 0 aromatic heterocycles. The van der Waals surface area contributed by atoms with Crippen molar-refractivity contribution in [2.75, 3.05) is 7.11 Å². The summed E-state index contributed by atoms with van der Waals surface area (Å²) in [6, 6.07) is 3.31. The zero-order valence-corrected chi connectivity index (χ0v) is 8.52. The molecule has 0 saturated heterocycles. The molecule has 0 unspecified atom stereocenters. The molecule has 0 bridgehead atoms. The van der Waals surface area contributed by atoms with E-state index in [1.165, 1.54) is 7.11 Å². The first-order valence-electron chi connectivity index (χ1n) is 3.52. The molecule has 0 aliphatic rings. The van der Waals surface area contributed by atoms with Crippen molar-refractivity contribution in [3.63, 3.8) is 0 Å². The minimum absolute atomic E-state index is 0.204. The maximum absolute atomic E-state index is 5.94. The molecule has 0 heterocycles. The van der Waals surface area contributed by atoms with Crippen LogP contribution in [-0.2, 0) is 11.4 Å². The van der Waals surface area contributed by atoms with Gasteiger partial charge in [-0.1, -0.05) is 23.2 Å². The highest BCUT2D eigenvalue weighted by Gasteiger charge is 2.08. The van der Waals surface area contributed by atoms with Crippen LogP contribution in [0.2, 0.25) is 10.0 Å². The number of ether oxygens (including phenoxy) is 1. The SMILES string of the molecule is COc1cc(Cl)cc(CON)c1Cl. The molecular weight excluding hydrogens is 213 g/mol. The molecule has 0 radical (unpaired) electrons. The van der Waals surface area contributed by atoms with Crippen molar-refractivity contribution in [3.8, 4) is 5.75 Å². The molecule has 0 amide bonds. The van der Waals surface area contributed by atoms with E-state index in [1.807, 2.05) is 0 Å². The molecule has 0 saturated carbocycles. The van der Waals surface area contributed by atoms with Gasteiger partial charge in [-0.05, 0) is 6.07 Å². The number of nitrogens with two attached hydrogens (primary N) is 1. The molecule has 2 N–H and O–H groups in total. The maximum atomic E-state index is 5.94. The maximum Gasteiger partial charge on any atom is 0.139 e. The van der Waals surface area contributed by atoms with Crippen LogP contribution in [0.1, 0.15) is 5.56 Å². The van der Waals surface area contributed by atoms with Crippen molar-refractivity contribution < 1.29 is 9.57 Å². The molecule has 1 aromatic carbocycles. The first-order chi connectivity index (χ1) is 6.19. The Bertz CT molecular complexity index is 304. The van der Waals surface area contributed by atoms with Gasteiger partial charge in [0.25, 0.3) is 0 Å². The molecule has 1 aromatic rings. The summed E-state index contributed by atoms with van der Waals surface area (Å²) in [5.74, 6) is 5.44. The molecule has 72 valence electrons. The van der Waals surface area contributed by atoms with E-state index in [1.54, 1.807) is 12.1 Å². The molecule has 13 heavy (non-hydrogen) atoms. The van der Waals surface area contributed by atoms with E-state index >= 15 is 0 Å². The fourth-order valence-corrected chi connectivity index (χ4v) is 1.43. The van der Waals surface area contributed by atoms with Crippen LogP contribution in [0.5, 0.6) is 5.75 Å². The number of rotatable bonds is 3. The smallest absolute Gasteiger partial charge is 0.139 e. The van der Waals surface area contributed by atoms with E-state index in [-0.39, 0.29) is 6.61 Å². The number of hydrogen-bond donors (Lipinski definition) is 1. The lowest BCUT2D eigenvalue weighted by Crippen LogP contribution is -2.00. The fraction of sp³-hybridized carbons (Fsp3) is 0.250. The van der Waals surface area contributed by atoms with Gasteiger partial charge >= 0.3 is 0 Å². The molecule has 0 spiro atoms. The van der Waals surface area contributed by atoms with Gasteiger partial charge in [0.2, 0.25) is 0 Å². The van der Waals surface area contributed by atoms with Gasteiger partial charge in [-0.15, -0.1) is 0 Å². The third-order valence-corrected chi connectivity index (χ3v) is 2.19. The largest absolute Gasteiger partial charge is 0.495 e. The molecule has 0 fully saturated rings. The second kappa shape index (κ2) is 4.67. The third kappa shape index (κ3) is 2.48. The van der Waals surface area contributed by atoms with Crippen LogP contribution < -0.4 is 10.6 Å². The molecule has 0 atom stereocenters. The van der Waals surface area contributed by atoms with E-state index in [0.29, 0.717) is 21.4 Å². The standard InChI is InChI=1S/C8H9Cl2NO2/c1-12-7-3-6(9)2-5(4-13-11)8(7)10/h2-3H,4,11H2,1H3. The predicted octanol–water partition coefficient (Wildman–Crippen LogP) is 2.39. The summed E-state index contributed by atoms with van der Waals surface area (Å²) in [6.45, 7) is 0.204. The number of benzene rings is 1. The van der Waals surface area contributed by atoms with Crippen molar-refractivity contribution in [3.05, 3.63) is 27.7 Å². The van der Waals surface area contributed by atoms with Crippen LogP contribution >= 0.6 is 23.2 Å². The second-order valence-electron chi connectivity index (χ2n) is 2.39. The Morgan fingerprint density at radius 1 is 1.38 bits per heavy atom. The topological polar surface area (TPSA) is 44.5 Å². The normalized spacial score (nSPS) is 10.2. The molecule has 0 aliphatic heterocycles. The second-order valence-corrected chi connectivity index (χ2v) is 3.21. The average molecular weight is 222 g/mol.